The molecule has 0 aliphatic carbocycles. The van der Waals surface area contributed by atoms with Crippen LogP contribution in [0.1, 0.15) is 31.4 Å². The number of nitrogens with one attached hydrogen (secondary N) is 3. The average molecular weight is 306 g/mol. The van der Waals surface area contributed by atoms with Gasteiger partial charge in [0.25, 0.3) is 11.8 Å². The molecule has 3 N–H and O–H groups in total. The Bertz CT molecular complexity index is 508. The second-order valence-electron chi connectivity index (χ2n) is 6.00. The van der Waals surface area contributed by atoms with Crippen molar-refractivity contribution in [3.05, 3.63) is 29.3 Å². The van der Waals surface area contributed by atoms with E-state index in [2.05, 4.69) is 10.6 Å². The van der Waals surface area contributed by atoms with E-state index in [1.54, 1.807) is 0 Å². The maximum atomic E-state index is 12.1. The minimum atomic E-state index is -0.0776. The topological polar surface area (TPSA) is 62.6 Å². The molecule has 5 nitrogen and oxygen atoms in total. The molecule has 0 saturated carbocycles. The predicted molar refractivity (Wildman–Crippen MR) is 89.1 cm³/mol. The predicted octanol–water partition coefficient (Wildman–Crippen LogP) is 0.671. The SMILES string of the molecule is CC[C@@H](C)NC(=O)C[NH+](C)CC(=O)Nc1c(C)cccc1C. The number of anilines is 1. The van der Waals surface area contributed by atoms with Crippen molar-refractivity contribution in [1.29, 1.82) is 0 Å². The first kappa shape index (κ1) is 18.2. The third kappa shape index (κ3) is 5.85. The lowest BCUT2D eigenvalue weighted by Gasteiger charge is -2.17. The number of rotatable bonds is 7. The summed E-state index contributed by atoms with van der Waals surface area (Å²) in [5, 5.41) is 5.85. The molecule has 0 bridgehead atoms. The fraction of sp³-hybridized carbons (Fsp3) is 0.529. The highest BCUT2D eigenvalue weighted by molar-refractivity contribution is 5.93. The van der Waals surface area contributed by atoms with E-state index in [1.807, 2.05) is 52.9 Å². The van der Waals surface area contributed by atoms with E-state index in [-0.39, 0.29) is 24.4 Å². The molecule has 122 valence electrons. The van der Waals surface area contributed by atoms with Crippen LogP contribution in [0.25, 0.3) is 0 Å². The van der Waals surface area contributed by atoms with Crippen molar-refractivity contribution in [1.82, 2.24) is 5.32 Å². The van der Waals surface area contributed by atoms with Crippen molar-refractivity contribution in [2.24, 2.45) is 0 Å². The van der Waals surface area contributed by atoms with Crippen LogP contribution in [0.2, 0.25) is 0 Å². The van der Waals surface area contributed by atoms with Crippen LogP contribution >= 0.6 is 0 Å². The van der Waals surface area contributed by atoms with Crippen LogP contribution in [-0.2, 0) is 9.59 Å². The highest BCUT2D eigenvalue weighted by Gasteiger charge is 2.16. The monoisotopic (exact) mass is 306 g/mol. The summed E-state index contributed by atoms with van der Waals surface area (Å²) in [5.41, 5.74) is 2.95. The van der Waals surface area contributed by atoms with Gasteiger partial charge < -0.3 is 15.5 Å². The highest BCUT2D eigenvalue weighted by Crippen LogP contribution is 2.18. The second-order valence-corrected chi connectivity index (χ2v) is 6.00. The Balaban J connectivity index is 2.49. The molecule has 0 heterocycles. The lowest BCUT2D eigenvalue weighted by Crippen LogP contribution is -3.11. The fourth-order valence-electron chi connectivity index (χ4n) is 2.23. The largest absolute Gasteiger partial charge is 0.349 e. The molecule has 0 fully saturated rings. The average Bonchev–Trinajstić information content (AvgIpc) is 2.42. The Kier molecular flexibility index (Phi) is 7.05. The van der Waals surface area contributed by atoms with E-state index in [0.29, 0.717) is 6.54 Å². The number of likely N-dealkylation sites (N-methyl/N-ethyl adjacent to an activating group) is 1. The Morgan fingerprint density at radius 2 is 1.68 bits per heavy atom. The summed E-state index contributed by atoms with van der Waals surface area (Å²) in [6.45, 7) is 8.50. The Labute approximate surface area is 133 Å². The minimum Gasteiger partial charge on any atom is -0.349 e. The van der Waals surface area contributed by atoms with Crippen LogP contribution in [0.3, 0.4) is 0 Å². The van der Waals surface area contributed by atoms with Gasteiger partial charge in [-0.2, -0.15) is 0 Å². The molecule has 1 aromatic carbocycles. The Morgan fingerprint density at radius 3 is 2.23 bits per heavy atom. The molecular weight excluding hydrogens is 278 g/mol. The molecule has 0 aromatic heterocycles. The molecule has 0 aliphatic rings. The molecule has 22 heavy (non-hydrogen) atoms. The molecule has 1 aromatic rings. The summed E-state index contributed by atoms with van der Waals surface area (Å²) in [6.07, 6.45) is 0.901. The number of benzene rings is 1. The first-order valence-corrected chi connectivity index (χ1v) is 7.80. The molecule has 5 heteroatoms. The number of hydrogen-bond donors (Lipinski definition) is 3. The number of carbonyl (C=O) groups excluding carboxylic acids is 2. The number of amides is 2. The number of quaternary nitrogens is 1. The molecule has 1 rings (SSSR count). The summed E-state index contributed by atoms with van der Waals surface area (Å²) < 4.78 is 0. The zero-order chi connectivity index (χ0) is 16.7. The molecule has 0 radical (unpaired) electrons. The first-order chi connectivity index (χ1) is 10.3. The molecule has 1 unspecified atom stereocenters. The van der Waals surface area contributed by atoms with E-state index < -0.39 is 0 Å². The standard InChI is InChI=1S/C17H27N3O2/c1-6-14(4)18-15(21)10-20(5)11-16(22)19-17-12(2)8-7-9-13(17)3/h7-9,14H,6,10-11H2,1-5H3,(H,18,21)(H,19,22)/p+1/t14-/m1/s1. The van der Waals surface area contributed by atoms with Crippen LogP contribution in [0, 0.1) is 13.8 Å². The van der Waals surface area contributed by atoms with E-state index in [0.717, 1.165) is 28.1 Å². The second kappa shape index (κ2) is 8.54. The van der Waals surface area contributed by atoms with Crippen molar-refractivity contribution >= 4 is 17.5 Å². The van der Waals surface area contributed by atoms with Gasteiger partial charge in [0.05, 0.1) is 7.05 Å². The van der Waals surface area contributed by atoms with Crippen molar-refractivity contribution in [2.75, 3.05) is 25.5 Å². The third-order valence-corrected chi connectivity index (χ3v) is 3.69. The van der Waals surface area contributed by atoms with Crippen LogP contribution in [0.4, 0.5) is 5.69 Å². The van der Waals surface area contributed by atoms with Gasteiger partial charge in [0.15, 0.2) is 13.1 Å². The number of para-hydroxylation sites is 1. The Morgan fingerprint density at radius 1 is 1.14 bits per heavy atom. The van der Waals surface area contributed by atoms with E-state index in [4.69, 9.17) is 0 Å². The summed E-state index contributed by atoms with van der Waals surface area (Å²) in [4.78, 5) is 24.8. The number of hydrogen-bond acceptors (Lipinski definition) is 2. The van der Waals surface area contributed by atoms with E-state index in [9.17, 15) is 9.59 Å². The van der Waals surface area contributed by atoms with Crippen molar-refractivity contribution in [2.45, 2.75) is 40.2 Å². The van der Waals surface area contributed by atoms with Crippen LogP contribution in [-0.4, -0.2) is 38.0 Å². The molecule has 0 aliphatic heterocycles. The maximum absolute atomic E-state index is 12.1. The Hall–Kier alpha value is -1.88. The van der Waals surface area contributed by atoms with Crippen molar-refractivity contribution < 1.29 is 14.5 Å². The third-order valence-electron chi connectivity index (χ3n) is 3.69. The molecule has 2 amide bonds. The van der Waals surface area contributed by atoms with Gasteiger partial charge in [-0.3, -0.25) is 9.59 Å². The lowest BCUT2D eigenvalue weighted by molar-refractivity contribution is -0.862. The van der Waals surface area contributed by atoms with Gasteiger partial charge in [0.1, 0.15) is 0 Å². The van der Waals surface area contributed by atoms with Gasteiger partial charge in [0.2, 0.25) is 0 Å². The summed E-state index contributed by atoms with van der Waals surface area (Å²) in [7, 11) is 1.85. The zero-order valence-corrected chi connectivity index (χ0v) is 14.2. The van der Waals surface area contributed by atoms with Gasteiger partial charge in [-0.05, 0) is 38.3 Å². The van der Waals surface area contributed by atoms with Gasteiger partial charge in [-0.15, -0.1) is 0 Å². The molecule has 0 saturated heterocycles. The van der Waals surface area contributed by atoms with Crippen molar-refractivity contribution in [3.63, 3.8) is 0 Å². The molecule has 2 atom stereocenters. The van der Waals surface area contributed by atoms with Crippen molar-refractivity contribution in [3.8, 4) is 0 Å². The number of aryl methyl sites for hydroxylation is 2. The molecule has 0 spiro atoms. The summed E-state index contributed by atoms with van der Waals surface area (Å²) in [5.74, 6) is -0.0991. The number of carbonyl (C=O) groups is 2. The van der Waals surface area contributed by atoms with Gasteiger partial charge in [-0.1, -0.05) is 25.1 Å². The first-order valence-electron chi connectivity index (χ1n) is 7.80. The minimum absolute atomic E-state index is 0.0216. The van der Waals surface area contributed by atoms with Gasteiger partial charge in [0, 0.05) is 11.7 Å². The maximum Gasteiger partial charge on any atom is 0.279 e. The van der Waals surface area contributed by atoms with E-state index in [1.165, 1.54) is 0 Å². The van der Waals surface area contributed by atoms with Crippen LogP contribution in [0.15, 0.2) is 18.2 Å². The lowest BCUT2D eigenvalue weighted by atomic mass is 10.1. The summed E-state index contributed by atoms with van der Waals surface area (Å²) in [6, 6.07) is 6.08. The van der Waals surface area contributed by atoms with Crippen LogP contribution in [0.5, 0.6) is 0 Å². The van der Waals surface area contributed by atoms with Gasteiger partial charge >= 0.3 is 0 Å². The summed E-state index contributed by atoms with van der Waals surface area (Å²) >= 11 is 0. The van der Waals surface area contributed by atoms with E-state index >= 15 is 0 Å². The smallest absolute Gasteiger partial charge is 0.279 e. The van der Waals surface area contributed by atoms with Gasteiger partial charge in [-0.25, -0.2) is 0 Å². The van der Waals surface area contributed by atoms with Crippen LogP contribution < -0.4 is 15.5 Å². The highest BCUT2D eigenvalue weighted by atomic mass is 16.2. The zero-order valence-electron chi connectivity index (χ0n) is 14.2. The quantitative estimate of drug-likeness (QED) is 0.693. The fourth-order valence-corrected chi connectivity index (χ4v) is 2.23. The molecular formula is C17H28N3O2+. The normalized spacial score (nSPS) is 13.3.